The summed E-state index contributed by atoms with van der Waals surface area (Å²) in [6.07, 6.45) is 1.34. The highest BCUT2D eigenvalue weighted by Gasteiger charge is 2.16. The maximum absolute atomic E-state index is 10.6. The van der Waals surface area contributed by atoms with E-state index >= 15 is 0 Å². The number of aromatic nitrogens is 2. The molecular weight excluding hydrogens is 274 g/mol. The van der Waals surface area contributed by atoms with Crippen molar-refractivity contribution in [3.8, 4) is 0 Å². The monoisotopic (exact) mass is 303 g/mol. The topological polar surface area (TPSA) is 41.3 Å². The standard InChI is InChI=1S/C18H29N3O/c1-13(2)9-21(10-14(3)4)11-18(22)15-6-7-17-16(8-15)19-12-20(17)5/h6-8,12-14,18,22H,9-11H2,1-5H3. The van der Waals surface area contributed by atoms with Gasteiger partial charge in [-0.2, -0.15) is 0 Å². The molecule has 122 valence electrons. The van der Waals surface area contributed by atoms with Gasteiger partial charge in [0, 0.05) is 26.7 Å². The number of hydrogen-bond acceptors (Lipinski definition) is 3. The Morgan fingerprint density at radius 3 is 2.32 bits per heavy atom. The van der Waals surface area contributed by atoms with Crippen LogP contribution in [0.4, 0.5) is 0 Å². The summed E-state index contributed by atoms with van der Waals surface area (Å²) in [5.41, 5.74) is 2.99. The van der Waals surface area contributed by atoms with Crippen molar-refractivity contribution >= 4 is 11.0 Å². The van der Waals surface area contributed by atoms with Crippen LogP contribution in [0.25, 0.3) is 11.0 Å². The van der Waals surface area contributed by atoms with Gasteiger partial charge in [0.1, 0.15) is 0 Å². The normalized spacial score (nSPS) is 13.7. The second-order valence-corrected chi connectivity index (χ2v) is 7.13. The number of rotatable bonds is 7. The number of aliphatic hydroxyl groups is 1. The minimum absolute atomic E-state index is 0.469. The maximum Gasteiger partial charge on any atom is 0.0955 e. The summed E-state index contributed by atoms with van der Waals surface area (Å²) >= 11 is 0. The Morgan fingerprint density at radius 1 is 1.09 bits per heavy atom. The molecule has 4 nitrogen and oxygen atoms in total. The Morgan fingerprint density at radius 2 is 1.73 bits per heavy atom. The van der Waals surface area contributed by atoms with Crippen LogP contribution in [0.15, 0.2) is 24.5 Å². The first-order valence-corrected chi connectivity index (χ1v) is 8.18. The second-order valence-electron chi connectivity index (χ2n) is 7.13. The molecule has 0 fully saturated rings. The molecule has 22 heavy (non-hydrogen) atoms. The van der Waals surface area contributed by atoms with Crippen LogP contribution >= 0.6 is 0 Å². The van der Waals surface area contributed by atoms with E-state index in [1.807, 2.05) is 36.1 Å². The van der Waals surface area contributed by atoms with Gasteiger partial charge in [-0.3, -0.25) is 4.90 Å². The zero-order valence-electron chi connectivity index (χ0n) is 14.5. The molecule has 1 aromatic carbocycles. The minimum Gasteiger partial charge on any atom is -0.387 e. The molecule has 0 bridgehead atoms. The van der Waals surface area contributed by atoms with Crippen LogP contribution in [0.3, 0.4) is 0 Å². The Hall–Kier alpha value is -1.39. The van der Waals surface area contributed by atoms with E-state index in [2.05, 4.69) is 37.6 Å². The first-order valence-electron chi connectivity index (χ1n) is 8.18. The van der Waals surface area contributed by atoms with Crippen molar-refractivity contribution in [2.45, 2.75) is 33.8 Å². The molecule has 2 aromatic rings. The summed E-state index contributed by atoms with van der Waals surface area (Å²) in [4.78, 5) is 6.74. The fraction of sp³-hybridized carbons (Fsp3) is 0.611. The van der Waals surface area contributed by atoms with Gasteiger partial charge in [-0.25, -0.2) is 4.98 Å². The average Bonchev–Trinajstić information content (AvgIpc) is 2.78. The molecule has 0 amide bonds. The van der Waals surface area contributed by atoms with E-state index in [4.69, 9.17) is 0 Å². The van der Waals surface area contributed by atoms with Gasteiger partial charge in [0.15, 0.2) is 0 Å². The van der Waals surface area contributed by atoms with Crippen LogP contribution in [0.1, 0.15) is 39.4 Å². The van der Waals surface area contributed by atoms with E-state index in [0.717, 1.165) is 29.7 Å². The van der Waals surface area contributed by atoms with Gasteiger partial charge in [0.2, 0.25) is 0 Å². The molecule has 1 N–H and O–H groups in total. The van der Waals surface area contributed by atoms with Crippen LogP contribution in [-0.4, -0.2) is 39.2 Å². The lowest BCUT2D eigenvalue weighted by Gasteiger charge is -2.28. The maximum atomic E-state index is 10.6. The largest absolute Gasteiger partial charge is 0.387 e. The molecular formula is C18H29N3O. The predicted octanol–water partition coefficient (Wildman–Crippen LogP) is 3.22. The van der Waals surface area contributed by atoms with Crippen LogP contribution < -0.4 is 0 Å². The Labute approximate surface area is 133 Å². The lowest BCUT2D eigenvalue weighted by molar-refractivity contribution is 0.0988. The quantitative estimate of drug-likeness (QED) is 0.854. The van der Waals surface area contributed by atoms with E-state index in [9.17, 15) is 5.11 Å². The number of aliphatic hydroxyl groups excluding tert-OH is 1. The molecule has 1 heterocycles. The number of fused-ring (bicyclic) bond motifs is 1. The van der Waals surface area contributed by atoms with E-state index in [-0.39, 0.29) is 0 Å². The highest BCUT2D eigenvalue weighted by Crippen LogP contribution is 2.21. The van der Waals surface area contributed by atoms with Gasteiger partial charge in [-0.15, -0.1) is 0 Å². The molecule has 0 aliphatic rings. The number of benzene rings is 1. The third kappa shape index (κ3) is 4.31. The summed E-state index contributed by atoms with van der Waals surface area (Å²) in [5, 5.41) is 10.6. The molecule has 2 rings (SSSR count). The van der Waals surface area contributed by atoms with Crippen molar-refractivity contribution in [2.24, 2.45) is 18.9 Å². The van der Waals surface area contributed by atoms with E-state index in [0.29, 0.717) is 18.4 Å². The molecule has 1 aromatic heterocycles. The van der Waals surface area contributed by atoms with Crippen molar-refractivity contribution in [2.75, 3.05) is 19.6 Å². The third-order valence-corrected chi connectivity index (χ3v) is 3.81. The van der Waals surface area contributed by atoms with Crippen LogP contribution in [0.2, 0.25) is 0 Å². The zero-order valence-corrected chi connectivity index (χ0v) is 14.5. The fourth-order valence-electron chi connectivity index (χ4n) is 2.97. The zero-order chi connectivity index (χ0) is 16.3. The van der Waals surface area contributed by atoms with E-state index < -0.39 is 6.10 Å². The molecule has 0 saturated heterocycles. The minimum atomic E-state index is -0.469. The first-order chi connectivity index (χ1) is 10.4. The van der Waals surface area contributed by atoms with Gasteiger partial charge in [-0.1, -0.05) is 33.8 Å². The number of imidazole rings is 1. The Bertz CT molecular complexity index is 593. The number of hydrogen-bond donors (Lipinski definition) is 1. The van der Waals surface area contributed by atoms with Crippen molar-refractivity contribution < 1.29 is 5.11 Å². The predicted molar refractivity (Wildman–Crippen MR) is 91.8 cm³/mol. The SMILES string of the molecule is CC(C)CN(CC(C)C)CC(O)c1ccc2c(c1)ncn2C. The van der Waals surface area contributed by atoms with Crippen molar-refractivity contribution in [1.29, 1.82) is 0 Å². The second kappa shape index (κ2) is 7.25. The Kier molecular flexibility index (Phi) is 5.59. The third-order valence-electron chi connectivity index (χ3n) is 3.81. The lowest BCUT2D eigenvalue weighted by Crippen LogP contribution is -2.35. The van der Waals surface area contributed by atoms with Gasteiger partial charge in [0.25, 0.3) is 0 Å². The van der Waals surface area contributed by atoms with Gasteiger partial charge < -0.3 is 9.67 Å². The van der Waals surface area contributed by atoms with Gasteiger partial charge in [-0.05, 0) is 29.5 Å². The van der Waals surface area contributed by atoms with Crippen molar-refractivity contribution in [3.05, 3.63) is 30.1 Å². The molecule has 0 aliphatic carbocycles. The summed E-state index contributed by atoms with van der Waals surface area (Å²) in [6, 6.07) is 6.05. The molecule has 0 radical (unpaired) electrons. The molecule has 1 atom stereocenters. The molecule has 1 unspecified atom stereocenters. The van der Waals surface area contributed by atoms with Crippen molar-refractivity contribution in [1.82, 2.24) is 14.5 Å². The van der Waals surface area contributed by atoms with Crippen molar-refractivity contribution in [3.63, 3.8) is 0 Å². The molecule has 0 aliphatic heterocycles. The van der Waals surface area contributed by atoms with Crippen LogP contribution in [0, 0.1) is 11.8 Å². The number of nitrogens with zero attached hydrogens (tertiary/aromatic N) is 3. The number of aryl methyl sites for hydroxylation is 1. The summed E-state index contributed by atoms with van der Waals surface area (Å²) < 4.78 is 2.00. The van der Waals surface area contributed by atoms with Gasteiger partial charge >= 0.3 is 0 Å². The molecule has 0 spiro atoms. The summed E-state index contributed by atoms with van der Waals surface area (Å²) in [7, 11) is 1.98. The van der Waals surface area contributed by atoms with Crippen LogP contribution in [-0.2, 0) is 7.05 Å². The molecule has 4 heteroatoms. The lowest BCUT2D eigenvalue weighted by atomic mass is 10.1. The Balaban J connectivity index is 2.11. The fourth-order valence-corrected chi connectivity index (χ4v) is 2.97. The molecule has 0 saturated carbocycles. The van der Waals surface area contributed by atoms with Gasteiger partial charge in [0.05, 0.1) is 23.5 Å². The summed E-state index contributed by atoms with van der Waals surface area (Å²) in [6.45, 7) is 11.6. The summed E-state index contributed by atoms with van der Waals surface area (Å²) in [5.74, 6) is 1.20. The highest BCUT2D eigenvalue weighted by molar-refractivity contribution is 5.76. The smallest absolute Gasteiger partial charge is 0.0955 e. The highest BCUT2D eigenvalue weighted by atomic mass is 16.3. The first kappa shape index (κ1) is 17.0. The van der Waals surface area contributed by atoms with E-state index in [1.54, 1.807) is 0 Å². The van der Waals surface area contributed by atoms with E-state index in [1.165, 1.54) is 0 Å². The average molecular weight is 303 g/mol. The van der Waals surface area contributed by atoms with Crippen LogP contribution in [0.5, 0.6) is 0 Å².